The number of amides is 1. The molecular weight excluding hydrogens is 368 g/mol. The molecule has 2 atom stereocenters. The molecule has 2 aromatic heterocycles. The zero-order chi connectivity index (χ0) is 19.8. The molecule has 3 saturated heterocycles. The second-order valence-electron chi connectivity index (χ2n) is 8.23. The number of aromatic nitrogens is 4. The minimum atomic E-state index is -0.288. The Labute approximate surface area is 170 Å². The number of ether oxygens (including phenoxy) is 1. The molecule has 29 heavy (non-hydrogen) atoms. The second-order valence-corrected chi connectivity index (χ2v) is 8.23. The highest BCUT2D eigenvalue weighted by Crippen LogP contribution is 2.37. The van der Waals surface area contributed by atoms with Gasteiger partial charge in [0.05, 0.1) is 17.4 Å². The van der Waals surface area contributed by atoms with E-state index in [-0.39, 0.29) is 18.1 Å². The number of hydrogen-bond donors (Lipinski definition) is 0. The highest BCUT2D eigenvalue weighted by Gasteiger charge is 2.38. The molecular formula is C21H28N6O2. The summed E-state index contributed by atoms with van der Waals surface area (Å²) in [5.41, 5.74) is 2.80. The van der Waals surface area contributed by atoms with Gasteiger partial charge < -0.3 is 14.5 Å². The van der Waals surface area contributed by atoms with Gasteiger partial charge in [-0.3, -0.25) is 9.48 Å². The van der Waals surface area contributed by atoms with Gasteiger partial charge in [-0.2, -0.15) is 5.10 Å². The number of carbonyl (C=O) groups excluding carboxylic acids is 1. The molecule has 1 amide bonds. The SMILES string of the molecule is Cn1cc(-c2ccnc(N3CCCC3)n2)c([C@H]2CCCN2C(=O)[C@@H]2CCCO2)n1. The van der Waals surface area contributed by atoms with Crippen molar-refractivity contribution < 1.29 is 9.53 Å². The molecule has 0 saturated carbocycles. The van der Waals surface area contributed by atoms with Gasteiger partial charge in [0.1, 0.15) is 6.10 Å². The van der Waals surface area contributed by atoms with E-state index < -0.39 is 0 Å². The van der Waals surface area contributed by atoms with E-state index in [0.717, 1.165) is 68.2 Å². The summed E-state index contributed by atoms with van der Waals surface area (Å²) in [7, 11) is 1.93. The Morgan fingerprint density at radius 2 is 2.00 bits per heavy atom. The third-order valence-corrected chi connectivity index (χ3v) is 6.22. The summed E-state index contributed by atoms with van der Waals surface area (Å²) in [6.45, 7) is 3.47. The van der Waals surface area contributed by atoms with Gasteiger partial charge >= 0.3 is 0 Å². The summed E-state index contributed by atoms with van der Waals surface area (Å²) in [5, 5.41) is 4.76. The number of carbonyl (C=O) groups is 1. The van der Waals surface area contributed by atoms with Crippen molar-refractivity contribution in [3.05, 3.63) is 24.2 Å². The van der Waals surface area contributed by atoms with Crippen molar-refractivity contribution in [3.63, 3.8) is 0 Å². The Morgan fingerprint density at radius 3 is 2.79 bits per heavy atom. The summed E-state index contributed by atoms with van der Waals surface area (Å²) in [6, 6.07) is 1.93. The van der Waals surface area contributed by atoms with Gasteiger partial charge in [0.15, 0.2) is 0 Å². The molecule has 0 spiro atoms. The van der Waals surface area contributed by atoms with Gasteiger partial charge in [-0.15, -0.1) is 0 Å². The Bertz CT molecular complexity index is 885. The second kappa shape index (κ2) is 7.74. The fourth-order valence-electron chi connectivity index (χ4n) is 4.79. The number of likely N-dealkylation sites (tertiary alicyclic amines) is 1. The van der Waals surface area contributed by atoms with Gasteiger partial charge in [0.25, 0.3) is 5.91 Å². The van der Waals surface area contributed by atoms with Crippen molar-refractivity contribution in [2.45, 2.75) is 50.7 Å². The van der Waals surface area contributed by atoms with Gasteiger partial charge in [0, 0.05) is 51.2 Å². The first-order chi connectivity index (χ1) is 14.2. The standard InChI is InChI=1S/C21H28N6O2/c1-25-14-15(16-8-9-22-21(23-16)26-10-2-3-11-26)19(24-25)17-6-4-12-27(17)20(28)18-7-5-13-29-18/h8-9,14,17-18H,2-7,10-13H2,1H3/t17-,18+/m1/s1. The molecule has 3 fully saturated rings. The van der Waals surface area contributed by atoms with Crippen LogP contribution in [0.15, 0.2) is 18.5 Å². The monoisotopic (exact) mass is 396 g/mol. The van der Waals surface area contributed by atoms with Crippen LogP contribution in [0.3, 0.4) is 0 Å². The van der Waals surface area contributed by atoms with Crippen LogP contribution in [0.2, 0.25) is 0 Å². The van der Waals surface area contributed by atoms with E-state index in [1.54, 1.807) is 0 Å². The van der Waals surface area contributed by atoms with E-state index >= 15 is 0 Å². The van der Waals surface area contributed by atoms with E-state index in [0.29, 0.717) is 6.61 Å². The molecule has 0 aliphatic carbocycles. The van der Waals surface area contributed by atoms with Gasteiger partial charge in [0.2, 0.25) is 5.95 Å². The van der Waals surface area contributed by atoms with Crippen LogP contribution >= 0.6 is 0 Å². The maximum Gasteiger partial charge on any atom is 0.252 e. The molecule has 3 aliphatic heterocycles. The Kier molecular flexibility index (Phi) is 4.95. The zero-order valence-corrected chi connectivity index (χ0v) is 17.0. The predicted octanol–water partition coefficient (Wildman–Crippen LogP) is 2.32. The van der Waals surface area contributed by atoms with E-state index in [1.807, 2.05) is 35.1 Å². The molecule has 0 unspecified atom stereocenters. The van der Waals surface area contributed by atoms with Crippen LogP contribution in [-0.2, 0) is 16.6 Å². The molecule has 5 heterocycles. The molecule has 0 N–H and O–H groups in total. The number of rotatable bonds is 4. The van der Waals surface area contributed by atoms with Crippen molar-refractivity contribution in [2.75, 3.05) is 31.1 Å². The Morgan fingerprint density at radius 1 is 1.14 bits per heavy atom. The van der Waals surface area contributed by atoms with Crippen LogP contribution < -0.4 is 4.90 Å². The number of aryl methyl sites for hydroxylation is 1. The summed E-state index contributed by atoms with van der Waals surface area (Å²) < 4.78 is 7.49. The first-order valence-electron chi connectivity index (χ1n) is 10.7. The summed E-state index contributed by atoms with van der Waals surface area (Å²) >= 11 is 0. The number of hydrogen-bond acceptors (Lipinski definition) is 6. The number of nitrogens with zero attached hydrogens (tertiary/aromatic N) is 6. The lowest BCUT2D eigenvalue weighted by atomic mass is 10.0. The largest absolute Gasteiger partial charge is 0.368 e. The van der Waals surface area contributed by atoms with Crippen molar-refractivity contribution in [1.29, 1.82) is 0 Å². The smallest absolute Gasteiger partial charge is 0.252 e. The normalized spacial score (nSPS) is 24.6. The molecule has 2 aromatic rings. The van der Waals surface area contributed by atoms with Crippen LogP contribution in [0.1, 0.15) is 50.3 Å². The van der Waals surface area contributed by atoms with Gasteiger partial charge in [-0.25, -0.2) is 9.97 Å². The van der Waals surface area contributed by atoms with Gasteiger partial charge in [-0.05, 0) is 44.6 Å². The maximum absolute atomic E-state index is 13.0. The molecule has 5 rings (SSSR count). The zero-order valence-electron chi connectivity index (χ0n) is 17.0. The highest BCUT2D eigenvalue weighted by molar-refractivity contribution is 5.82. The first-order valence-corrected chi connectivity index (χ1v) is 10.7. The van der Waals surface area contributed by atoms with E-state index in [2.05, 4.69) is 9.88 Å². The van der Waals surface area contributed by atoms with E-state index in [1.165, 1.54) is 12.8 Å². The molecule has 0 bridgehead atoms. The van der Waals surface area contributed by atoms with Crippen molar-refractivity contribution in [1.82, 2.24) is 24.6 Å². The molecule has 0 aromatic carbocycles. The third-order valence-electron chi connectivity index (χ3n) is 6.22. The minimum Gasteiger partial charge on any atom is -0.368 e. The molecule has 154 valence electrons. The quantitative estimate of drug-likeness (QED) is 0.789. The lowest BCUT2D eigenvalue weighted by molar-refractivity contribution is -0.142. The van der Waals surface area contributed by atoms with Crippen molar-refractivity contribution in [3.8, 4) is 11.3 Å². The summed E-state index contributed by atoms with van der Waals surface area (Å²) in [6.07, 6.45) is 9.63. The average Bonchev–Trinajstić information content (AvgIpc) is 3.54. The lowest BCUT2D eigenvalue weighted by Crippen LogP contribution is -2.38. The fourth-order valence-corrected chi connectivity index (χ4v) is 4.79. The van der Waals surface area contributed by atoms with E-state index in [9.17, 15) is 4.79 Å². The average molecular weight is 396 g/mol. The van der Waals surface area contributed by atoms with Crippen LogP contribution in [-0.4, -0.2) is 62.9 Å². The lowest BCUT2D eigenvalue weighted by Gasteiger charge is -2.26. The third kappa shape index (κ3) is 3.50. The number of anilines is 1. The Hall–Kier alpha value is -2.48. The van der Waals surface area contributed by atoms with Crippen LogP contribution in [0.4, 0.5) is 5.95 Å². The van der Waals surface area contributed by atoms with Gasteiger partial charge in [-0.1, -0.05) is 0 Å². The van der Waals surface area contributed by atoms with Crippen LogP contribution in [0, 0.1) is 0 Å². The first kappa shape index (κ1) is 18.5. The van der Waals surface area contributed by atoms with Crippen molar-refractivity contribution >= 4 is 11.9 Å². The molecule has 0 radical (unpaired) electrons. The molecule has 8 heteroatoms. The fraction of sp³-hybridized carbons (Fsp3) is 0.619. The summed E-state index contributed by atoms with van der Waals surface area (Å²) in [5.74, 6) is 0.899. The topological polar surface area (TPSA) is 76.4 Å². The predicted molar refractivity (Wildman–Crippen MR) is 108 cm³/mol. The molecule has 8 nitrogen and oxygen atoms in total. The highest BCUT2D eigenvalue weighted by atomic mass is 16.5. The van der Waals surface area contributed by atoms with Crippen molar-refractivity contribution in [2.24, 2.45) is 7.05 Å². The minimum absolute atomic E-state index is 0.0203. The Balaban J connectivity index is 1.46. The van der Waals surface area contributed by atoms with E-state index in [4.69, 9.17) is 14.8 Å². The van der Waals surface area contributed by atoms with Crippen LogP contribution in [0.5, 0.6) is 0 Å². The van der Waals surface area contributed by atoms with Crippen LogP contribution in [0.25, 0.3) is 11.3 Å². The maximum atomic E-state index is 13.0. The molecule has 3 aliphatic rings. The summed E-state index contributed by atoms with van der Waals surface area (Å²) in [4.78, 5) is 26.6.